The van der Waals surface area contributed by atoms with E-state index in [9.17, 15) is 4.79 Å². The van der Waals surface area contributed by atoms with Crippen molar-refractivity contribution in [1.82, 2.24) is 19.7 Å². The molecule has 6 nitrogen and oxygen atoms in total. The number of halogens is 1. The first-order chi connectivity index (χ1) is 12.7. The number of pyridine rings is 1. The van der Waals surface area contributed by atoms with Crippen LogP contribution in [0.5, 0.6) is 0 Å². The van der Waals surface area contributed by atoms with Crippen molar-refractivity contribution in [3.63, 3.8) is 0 Å². The highest BCUT2D eigenvalue weighted by Crippen LogP contribution is 2.25. The summed E-state index contributed by atoms with van der Waals surface area (Å²) < 4.78 is 2.89. The molecule has 0 aliphatic carbocycles. The van der Waals surface area contributed by atoms with Crippen LogP contribution in [-0.2, 0) is 11.3 Å². The topological polar surface area (TPSA) is 72.7 Å². The zero-order valence-corrected chi connectivity index (χ0v) is 16.6. The number of benzene rings is 1. The van der Waals surface area contributed by atoms with Crippen molar-refractivity contribution in [2.75, 3.05) is 11.1 Å². The van der Waals surface area contributed by atoms with Gasteiger partial charge in [0, 0.05) is 29.0 Å². The van der Waals surface area contributed by atoms with E-state index in [4.69, 9.17) is 0 Å². The summed E-state index contributed by atoms with van der Waals surface area (Å²) in [5.74, 6) is 0.945. The predicted octanol–water partition coefficient (Wildman–Crippen LogP) is 4.24. The fraction of sp³-hybridized carbons (Fsp3) is 0.222. The Kier molecular flexibility index (Phi) is 6.40. The maximum absolute atomic E-state index is 12.3. The van der Waals surface area contributed by atoms with Gasteiger partial charge < -0.3 is 9.88 Å². The van der Waals surface area contributed by atoms with Crippen LogP contribution in [0.25, 0.3) is 11.4 Å². The van der Waals surface area contributed by atoms with Crippen LogP contribution in [0.2, 0.25) is 0 Å². The average molecular weight is 432 g/mol. The van der Waals surface area contributed by atoms with Crippen molar-refractivity contribution in [1.29, 1.82) is 0 Å². The molecule has 0 bridgehead atoms. The van der Waals surface area contributed by atoms with Crippen LogP contribution in [0.15, 0.2) is 58.4 Å². The SMILES string of the molecule is CCCn1c(SCC(=O)Nc2ccccc2Br)nnc1-c1cccnc1. The lowest BCUT2D eigenvalue weighted by molar-refractivity contribution is -0.113. The van der Waals surface area contributed by atoms with E-state index >= 15 is 0 Å². The largest absolute Gasteiger partial charge is 0.324 e. The highest BCUT2D eigenvalue weighted by Gasteiger charge is 2.15. The first kappa shape index (κ1) is 18.6. The zero-order chi connectivity index (χ0) is 18.4. The third-order valence-electron chi connectivity index (χ3n) is 3.56. The second-order valence-corrected chi connectivity index (χ2v) is 7.31. The monoisotopic (exact) mass is 431 g/mol. The van der Waals surface area contributed by atoms with Crippen LogP contribution in [0.4, 0.5) is 5.69 Å². The molecule has 1 amide bonds. The lowest BCUT2D eigenvalue weighted by atomic mass is 10.2. The lowest BCUT2D eigenvalue weighted by Crippen LogP contribution is -2.15. The average Bonchev–Trinajstić information content (AvgIpc) is 3.06. The van der Waals surface area contributed by atoms with E-state index < -0.39 is 0 Å². The van der Waals surface area contributed by atoms with Crippen molar-refractivity contribution in [2.45, 2.75) is 25.0 Å². The molecule has 1 N–H and O–H groups in total. The smallest absolute Gasteiger partial charge is 0.234 e. The van der Waals surface area contributed by atoms with Gasteiger partial charge >= 0.3 is 0 Å². The summed E-state index contributed by atoms with van der Waals surface area (Å²) in [6.07, 6.45) is 4.44. The molecular weight excluding hydrogens is 414 g/mol. The van der Waals surface area contributed by atoms with Gasteiger partial charge in [-0.2, -0.15) is 0 Å². The van der Waals surface area contributed by atoms with Crippen LogP contribution in [-0.4, -0.2) is 31.4 Å². The molecule has 0 aliphatic heterocycles. The molecule has 0 spiro atoms. The van der Waals surface area contributed by atoms with Gasteiger partial charge in [-0.05, 0) is 46.6 Å². The molecule has 2 aromatic heterocycles. The molecule has 0 radical (unpaired) electrons. The van der Waals surface area contributed by atoms with Gasteiger partial charge in [0.05, 0.1) is 11.4 Å². The molecule has 0 atom stereocenters. The summed E-state index contributed by atoms with van der Waals surface area (Å²) in [6, 6.07) is 11.4. The summed E-state index contributed by atoms with van der Waals surface area (Å²) in [5.41, 5.74) is 1.67. The maximum Gasteiger partial charge on any atom is 0.234 e. The standard InChI is InChI=1S/C18H18BrN5OS/c1-2-10-24-17(13-6-5-9-20-11-13)22-23-18(24)26-12-16(25)21-15-8-4-3-7-14(15)19/h3-9,11H,2,10,12H2,1H3,(H,21,25). The summed E-state index contributed by atoms with van der Waals surface area (Å²) in [7, 11) is 0. The second kappa shape index (κ2) is 8.95. The van der Waals surface area contributed by atoms with Crippen molar-refractivity contribution in [3.05, 3.63) is 53.3 Å². The number of carbonyl (C=O) groups is 1. The predicted molar refractivity (Wildman–Crippen MR) is 107 cm³/mol. The molecule has 0 unspecified atom stereocenters. The van der Waals surface area contributed by atoms with Crippen molar-refractivity contribution >= 4 is 39.3 Å². The van der Waals surface area contributed by atoms with Gasteiger partial charge in [-0.1, -0.05) is 30.8 Å². The molecule has 0 fully saturated rings. The lowest BCUT2D eigenvalue weighted by Gasteiger charge is -2.09. The zero-order valence-electron chi connectivity index (χ0n) is 14.2. The fourth-order valence-electron chi connectivity index (χ4n) is 2.41. The Morgan fingerprint density at radius 3 is 2.81 bits per heavy atom. The van der Waals surface area contributed by atoms with Crippen LogP contribution in [0, 0.1) is 0 Å². The molecule has 0 saturated carbocycles. The molecule has 26 heavy (non-hydrogen) atoms. The van der Waals surface area contributed by atoms with E-state index in [0.29, 0.717) is 0 Å². The maximum atomic E-state index is 12.3. The fourth-order valence-corrected chi connectivity index (χ4v) is 3.56. The minimum atomic E-state index is -0.0872. The van der Waals surface area contributed by atoms with E-state index in [1.165, 1.54) is 11.8 Å². The minimum Gasteiger partial charge on any atom is -0.324 e. The minimum absolute atomic E-state index is 0.0872. The van der Waals surface area contributed by atoms with E-state index in [0.717, 1.165) is 39.7 Å². The van der Waals surface area contributed by atoms with Crippen LogP contribution in [0.3, 0.4) is 0 Å². The number of rotatable bonds is 7. The number of hydrogen-bond acceptors (Lipinski definition) is 5. The Balaban J connectivity index is 1.71. The Morgan fingerprint density at radius 2 is 2.08 bits per heavy atom. The summed E-state index contributed by atoms with van der Waals surface area (Å²) in [6.45, 7) is 2.88. The van der Waals surface area contributed by atoms with Gasteiger partial charge in [-0.25, -0.2) is 0 Å². The van der Waals surface area contributed by atoms with Crippen molar-refractivity contribution < 1.29 is 4.79 Å². The Labute approximate surface area is 164 Å². The summed E-state index contributed by atoms with van der Waals surface area (Å²) >= 11 is 4.81. The van der Waals surface area contributed by atoms with Gasteiger partial charge in [-0.3, -0.25) is 9.78 Å². The number of nitrogens with zero attached hydrogens (tertiary/aromatic N) is 4. The number of thioether (sulfide) groups is 1. The highest BCUT2D eigenvalue weighted by atomic mass is 79.9. The third kappa shape index (κ3) is 4.50. The number of amides is 1. The molecule has 0 aliphatic rings. The molecule has 134 valence electrons. The van der Waals surface area contributed by atoms with Gasteiger partial charge in [-0.15, -0.1) is 10.2 Å². The second-order valence-electron chi connectivity index (χ2n) is 5.52. The summed E-state index contributed by atoms with van der Waals surface area (Å²) in [5, 5.41) is 12.2. The summed E-state index contributed by atoms with van der Waals surface area (Å²) in [4.78, 5) is 16.4. The first-order valence-electron chi connectivity index (χ1n) is 8.19. The number of carbonyl (C=O) groups excluding carboxylic acids is 1. The molecule has 1 aromatic carbocycles. The van der Waals surface area contributed by atoms with Gasteiger partial charge in [0.15, 0.2) is 11.0 Å². The van der Waals surface area contributed by atoms with Gasteiger partial charge in [0.2, 0.25) is 5.91 Å². The van der Waals surface area contributed by atoms with Crippen molar-refractivity contribution in [3.8, 4) is 11.4 Å². The van der Waals surface area contributed by atoms with Crippen molar-refractivity contribution in [2.24, 2.45) is 0 Å². The van der Waals surface area contributed by atoms with Crippen LogP contribution in [0.1, 0.15) is 13.3 Å². The van der Waals surface area contributed by atoms with E-state index in [1.54, 1.807) is 12.4 Å². The van der Waals surface area contributed by atoms with E-state index in [2.05, 4.69) is 43.4 Å². The number of anilines is 1. The van der Waals surface area contributed by atoms with Crippen LogP contribution < -0.4 is 5.32 Å². The number of hydrogen-bond donors (Lipinski definition) is 1. The van der Waals surface area contributed by atoms with E-state index in [-0.39, 0.29) is 11.7 Å². The van der Waals surface area contributed by atoms with Crippen LogP contribution >= 0.6 is 27.7 Å². The molecule has 2 heterocycles. The van der Waals surface area contributed by atoms with E-state index in [1.807, 2.05) is 41.0 Å². The van der Waals surface area contributed by atoms with Gasteiger partial charge in [0.1, 0.15) is 0 Å². The third-order valence-corrected chi connectivity index (χ3v) is 5.22. The van der Waals surface area contributed by atoms with Gasteiger partial charge in [0.25, 0.3) is 0 Å². The quantitative estimate of drug-likeness (QED) is 0.566. The number of para-hydroxylation sites is 1. The molecule has 3 rings (SSSR count). The first-order valence-corrected chi connectivity index (χ1v) is 9.97. The number of nitrogens with one attached hydrogen (secondary N) is 1. The molecular formula is C18H18BrN5OS. The Morgan fingerprint density at radius 1 is 1.23 bits per heavy atom. The molecule has 3 aromatic rings. The molecule has 0 saturated heterocycles. The number of aromatic nitrogens is 4. The normalized spacial score (nSPS) is 10.7. The highest BCUT2D eigenvalue weighted by molar-refractivity contribution is 9.10. The Hall–Kier alpha value is -2.19. The molecule has 8 heteroatoms. The Bertz CT molecular complexity index is 884.